The number of carbonyl (C=O) groups excluding carboxylic acids is 2. The molecule has 31 heavy (non-hydrogen) atoms. The van der Waals surface area contributed by atoms with Gasteiger partial charge in [-0.05, 0) is 48.9 Å². The van der Waals surface area contributed by atoms with Gasteiger partial charge in [0.1, 0.15) is 30.0 Å². The number of anilines is 1. The molecule has 0 spiro atoms. The molecule has 2 amide bonds. The Labute approximate surface area is 180 Å². The van der Waals surface area contributed by atoms with Crippen LogP contribution in [-0.2, 0) is 16.2 Å². The average Bonchev–Trinajstić information content (AvgIpc) is 2.78. The van der Waals surface area contributed by atoms with Crippen LogP contribution in [0.4, 0.5) is 10.1 Å². The fourth-order valence-electron chi connectivity index (χ4n) is 2.68. The molecule has 3 rings (SSSR count). The van der Waals surface area contributed by atoms with E-state index >= 15 is 0 Å². The molecular weight excluding hydrogens is 399 g/mol. The first kappa shape index (κ1) is 21.8. The summed E-state index contributed by atoms with van der Waals surface area (Å²) in [5.41, 5.74) is 1.35. The minimum atomic E-state index is -0.754. The standard InChI is InChI=1S/C24H23FN2O4/c1-17(26-23(28)16-31-21-7-3-2-4-8-21)24(29)27-20-6-5-9-22(14-20)30-15-18-10-12-19(25)13-11-18/h2-14,17H,15-16H2,1H3,(H,26,28)(H,27,29)/t17-/m1/s1. The topological polar surface area (TPSA) is 76.7 Å². The van der Waals surface area contributed by atoms with Crippen molar-refractivity contribution < 1.29 is 23.5 Å². The Morgan fingerprint density at radius 2 is 1.61 bits per heavy atom. The predicted molar refractivity (Wildman–Crippen MR) is 115 cm³/mol. The van der Waals surface area contributed by atoms with Crippen LogP contribution in [0.25, 0.3) is 0 Å². The number of amides is 2. The third kappa shape index (κ3) is 7.15. The lowest BCUT2D eigenvalue weighted by Crippen LogP contribution is -2.43. The number of carbonyl (C=O) groups is 2. The lowest BCUT2D eigenvalue weighted by Gasteiger charge is -2.15. The van der Waals surface area contributed by atoms with Crippen LogP contribution in [0.2, 0.25) is 0 Å². The summed E-state index contributed by atoms with van der Waals surface area (Å²) < 4.78 is 24.0. The number of hydrogen-bond acceptors (Lipinski definition) is 4. The van der Waals surface area contributed by atoms with Gasteiger partial charge in [0.15, 0.2) is 6.61 Å². The largest absolute Gasteiger partial charge is 0.489 e. The first-order valence-electron chi connectivity index (χ1n) is 9.75. The second-order valence-corrected chi connectivity index (χ2v) is 6.82. The van der Waals surface area contributed by atoms with Crippen molar-refractivity contribution in [2.45, 2.75) is 19.6 Å². The molecule has 0 aliphatic heterocycles. The molecule has 6 nitrogen and oxygen atoms in total. The molecule has 0 saturated carbocycles. The molecule has 2 N–H and O–H groups in total. The zero-order valence-electron chi connectivity index (χ0n) is 17.0. The van der Waals surface area contributed by atoms with Crippen LogP contribution < -0.4 is 20.1 Å². The minimum absolute atomic E-state index is 0.186. The summed E-state index contributed by atoms with van der Waals surface area (Å²) >= 11 is 0. The second-order valence-electron chi connectivity index (χ2n) is 6.82. The molecule has 3 aromatic carbocycles. The Hall–Kier alpha value is -3.87. The van der Waals surface area contributed by atoms with Gasteiger partial charge in [0.05, 0.1) is 0 Å². The van der Waals surface area contributed by atoms with Crippen molar-refractivity contribution in [1.29, 1.82) is 0 Å². The van der Waals surface area contributed by atoms with Crippen molar-refractivity contribution >= 4 is 17.5 Å². The van der Waals surface area contributed by atoms with Crippen LogP contribution >= 0.6 is 0 Å². The van der Waals surface area contributed by atoms with Gasteiger partial charge in [0.25, 0.3) is 5.91 Å². The Balaban J connectivity index is 1.47. The second kappa shape index (κ2) is 10.8. The van der Waals surface area contributed by atoms with Crippen molar-refractivity contribution in [2.75, 3.05) is 11.9 Å². The van der Waals surface area contributed by atoms with E-state index in [1.165, 1.54) is 12.1 Å². The maximum absolute atomic E-state index is 13.0. The number of hydrogen-bond donors (Lipinski definition) is 2. The molecular formula is C24H23FN2O4. The highest BCUT2D eigenvalue weighted by Crippen LogP contribution is 2.19. The van der Waals surface area contributed by atoms with Gasteiger partial charge >= 0.3 is 0 Å². The van der Waals surface area contributed by atoms with Gasteiger partial charge in [-0.1, -0.05) is 36.4 Å². The van der Waals surface area contributed by atoms with Gasteiger partial charge in [0.2, 0.25) is 5.91 Å². The van der Waals surface area contributed by atoms with E-state index in [4.69, 9.17) is 9.47 Å². The summed E-state index contributed by atoms with van der Waals surface area (Å²) in [6.45, 7) is 1.67. The molecule has 0 fully saturated rings. The van der Waals surface area contributed by atoms with E-state index in [2.05, 4.69) is 10.6 Å². The summed E-state index contributed by atoms with van der Waals surface area (Å²) in [7, 11) is 0. The highest BCUT2D eigenvalue weighted by atomic mass is 19.1. The molecule has 0 aromatic heterocycles. The number of ether oxygens (including phenoxy) is 2. The molecule has 0 radical (unpaired) electrons. The molecule has 0 aliphatic carbocycles. The number of para-hydroxylation sites is 1. The third-order valence-corrected chi connectivity index (χ3v) is 4.30. The summed E-state index contributed by atoms with van der Waals surface area (Å²) in [5.74, 6) is 0.0511. The predicted octanol–water partition coefficient (Wildman–Crippen LogP) is 3.93. The van der Waals surface area contributed by atoms with Crippen LogP contribution in [0.1, 0.15) is 12.5 Å². The number of nitrogens with one attached hydrogen (secondary N) is 2. The molecule has 0 bridgehead atoms. The summed E-state index contributed by atoms with van der Waals surface area (Å²) in [6.07, 6.45) is 0. The van der Waals surface area contributed by atoms with E-state index in [1.807, 2.05) is 6.07 Å². The fourth-order valence-corrected chi connectivity index (χ4v) is 2.68. The van der Waals surface area contributed by atoms with Crippen LogP contribution in [0.3, 0.4) is 0 Å². The van der Waals surface area contributed by atoms with Gasteiger partial charge in [-0.2, -0.15) is 0 Å². The van der Waals surface area contributed by atoms with Gasteiger partial charge in [0, 0.05) is 11.8 Å². The molecule has 0 unspecified atom stereocenters. The molecule has 1 atom stereocenters. The summed E-state index contributed by atoms with van der Waals surface area (Å²) in [6, 6.07) is 21.1. The number of rotatable bonds is 9. The van der Waals surface area contributed by atoms with Crippen molar-refractivity contribution in [1.82, 2.24) is 5.32 Å². The molecule has 0 saturated heterocycles. The van der Waals surface area contributed by atoms with Crippen molar-refractivity contribution in [2.24, 2.45) is 0 Å². The molecule has 0 heterocycles. The van der Waals surface area contributed by atoms with E-state index in [-0.39, 0.29) is 24.9 Å². The third-order valence-electron chi connectivity index (χ3n) is 4.30. The Kier molecular flexibility index (Phi) is 7.59. The van der Waals surface area contributed by atoms with Gasteiger partial charge in [-0.15, -0.1) is 0 Å². The van der Waals surface area contributed by atoms with Gasteiger partial charge in [-0.25, -0.2) is 4.39 Å². The highest BCUT2D eigenvalue weighted by molar-refractivity contribution is 5.97. The lowest BCUT2D eigenvalue weighted by atomic mass is 10.2. The molecule has 160 valence electrons. The van der Waals surface area contributed by atoms with E-state index in [0.717, 1.165) is 5.56 Å². The zero-order valence-corrected chi connectivity index (χ0v) is 17.0. The van der Waals surface area contributed by atoms with Crippen LogP contribution in [0, 0.1) is 5.82 Å². The van der Waals surface area contributed by atoms with Crippen LogP contribution in [0.5, 0.6) is 11.5 Å². The zero-order chi connectivity index (χ0) is 22.1. The smallest absolute Gasteiger partial charge is 0.258 e. The van der Waals surface area contributed by atoms with E-state index in [9.17, 15) is 14.0 Å². The number of benzene rings is 3. The SMILES string of the molecule is C[C@@H](NC(=O)COc1ccccc1)C(=O)Nc1cccc(OCc2ccc(F)cc2)c1. The van der Waals surface area contributed by atoms with Gasteiger partial charge < -0.3 is 20.1 Å². The maximum atomic E-state index is 13.0. The first-order valence-corrected chi connectivity index (χ1v) is 9.75. The Bertz CT molecular complexity index is 1010. The normalized spacial score (nSPS) is 11.3. The van der Waals surface area contributed by atoms with Crippen molar-refractivity contribution in [3.63, 3.8) is 0 Å². The molecule has 0 aliphatic rings. The highest BCUT2D eigenvalue weighted by Gasteiger charge is 2.16. The van der Waals surface area contributed by atoms with Crippen LogP contribution in [0.15, 0.2) is 78.9 Å². The Morgan fingerprint density at radius 3 is 2.35 bits per heavy atom. The molecule has 3 aromatic rings. The van der Waals surface area contributed by atoms with Gasteiger partial charge in [-0.3, -0.25) is 9.59 Å². The monoisotopic (exact) mass is 422 g/mol. The van der Waals surface area contributed by atoms with Crippen LogP contribution in [-0.4, -0.2) is 24.5 Å². The summed E-state index contributed by atoms with van der Waals surface area (Å²) in [4.78, 5) is 24.4. The summed E-state index contributed by atoms with van der Waals surface area (Å²) in [5, 5.41) is 5.34. The van der Waals surface area contributed by atoms with E-state index in [1.54, 1.807) is 67.6 Å². The van der Waals surface area contributed by atoms with E-state index < -0.39 is 11.9 Å². The maximum Gasteiger partial charge on any atom is 0.258 e. The quantitative estimate of drug-likeness (QED) is 0.548. The van der Waals surface area contributed by atoms with Crippen molar-refractivity contribution in [3.05, 3.63) is 90.2 Å². The average molecular weight is 422 g/mol. The fraction of sp³-hybridized carbons (Fsp3) is 0.167. The molecule has 7 heteroatoms. The number of halogens is 1. The lowest BCUT2D eigenvalue weighted by molar-refractivity contribution is -0.127. The van der Waals surface area contributed by atoms with E-state index in [0.29, 0.717) is 17.2 Å². The van der Waals surface area contributed by atoms with Crippen molar-refractivity contribution in [3.8, 4) is 11.5 Å². The first-order chi connectivity index (χ1) is 15.0. The Morgan fingerprint density at radius 1 is 0.903 bits per heavy atom. The minimum Gasteiger partial charge on any atom is -0.489 e.